The first-order valence-corrected chi connectivity index (χ1v) is 6.63. The smallest absolute Gasteiger partial charge is 0.416 e. The Labute approximate surface area is 128 Å². The molecule has 7 heteroatoms. The monoisotopic (exact) mass is 320 g/mol. The number of phenols is 1. The van der Waals surface area contributed by atoms with Crippen molar-refractivity contribution in [1.29, 1.82) is 0 Å². The van der Waals surface area contributed by atoms with Gasteiger partial charge in [0.1, 0.15) is 5.75 Å². The van der Waals surface area contributed by atoms with E-state index in [4.69, 9.17) is 0 Å². The maximum absolute atomic E-state index is 12.7. The van der Waals surface area contributed by atoms with Crippen LogP contribution in [-0.4, -0.2) is 15.7 Å². The zero-order chi connectivity index (χ0) is 16.6. The Balaban J connectivity index is 1.89. The molecule has 3 rings (SSSR count). The third-order valence-corrected chi connectivity index (χ3v) is 3.33. The van der Waals surface area contributed by atoms with Gasteiger partial charge in [0.15, 0.2) is 0 Å². The lowest BCUT2D eigenvalue weighted by Crippen LogP contribution is -2.18. The Hall–Kier alpha value is -2.96. The van der Waals surface area contributed by atoms with E-state index in [2.05, 4.69) is 5.32 Å². The molecule has 118 valence electrons. The van der Waals surface area contributed by atoms with Crippen LogP contribution in [0.4, 0.5) is 23.7 Å². The number of anilines is 1. The SMILES string of the molecule is O=C(Nc1cccc(C(F)(F)F)c1)n1ccc2cc(O)ccc21. The lowest BCUT2D eigenvalue weighted by atomic mass is 10.2. The van der Waals surface area contributed by atoms with Gasteiger partial charge in [-0.25, -0.2) is 4.79 Å². The number of nitrogens with one attached hydrogen (secondary N) is 1. The maximum Gasteiger partial charge on any atom is 0.416 e. The van der Waals surface area contributed by atoms with Gasteiger partial charge in [0.25, 0.3) is 0 Å². The molecule has 4 nitrogen and oxygen atoms in total. The summed E-state index contributed by atoms with van der Waals surface area (Å²) in [5, 5.41) is 12.5. The number of carbonyl (C=O) groups is 1. The van der Waals surface area contributed by atoms with Gasteiger partial charge in [-0.2, -0.15) is 13.2 Å². The molecule has 0 bridgehead atoms. The third-order valence-electron chi connectivity index (χ3n) is 3.33. The normalized spacial score (nSPS) is 11.6. The summed E-state index contributed by atoms with van der Waals surface area (Å²) >= 11 is 0. The van der Waals surface area contributed by atoms with Crippen LogP contribution < -0.4 is 5.32 Å². The Bertz CT molecular complexity index is 884. The number of nitrogens with zero attached hydrogens (tertiary/aromatic N) is 1. The Morgan fingerprint density at radius 3 is 2.61 bits per heavy atom. The molecule has 1 amide bonds. The minimum atomic E-state index is -4.47. The highest BCUT2D eigenvalue weighted by atomic mass is 19.4. The van der Waals surface area contributed by atoms with Crippen molar-refractivity contribution >= 4 is 22.6 Å². The first-order chi connectivity index (χ1) is 10.8. The molecule has 0 spiro atoms. The number of carbonyl (C=O) groups excluding carboxylic acids is 1. The second-order valence-corrected chi connectivity index (χ2v) is 4.94. The molecule has 1 heterocycles. The Kier molecular flexibility index (Phi) is 3.48. The van der Waals surface area contributed by atoms with Gasteiger partial charge in [-0.15, -0.1) is 0 Å². The number of alkyl halides is 3. The van der Waals surface area contributed by atoms with Gasteiger partial charge in [0.05, 0.1) is 11.1 Å². The van der Waals surface area contributed by atoms with E-state index in [0.29, 0.717) is 10.9 Å². The minimum absolute atomic E-state index is 0.0467. The predicted molar refractivity (Wildman–Crippen MR) is 79.5 cm³/mol. The first kappa shape index (κ1) is 15.0. The molecule has 0 unspecified atom stereocenters. The van der Waals surface area contributed by atoms with E-state index in [9.17, 15) is 23.1 Å². The van der Waals surface area contributed by atoms with Gasteiger partial charge in [-0.05, 0) is 42.5 Å². The Morgan fingerprint density at radius 2 is 1.87 bits per heavy atom. The van der Waals surface area contributed by atoms with Crippen molar-refractivity contribution in [2.24, 2.45) is 0 Å². The fourth-order valence-corrected chi connectivity index (χ4v) is 2.26. The summed E-state index contributed by atoms with van der Waals surface area (Å²) < 4.78 is 39.3. The number of fused-ring (bicyclic) bond motifs is 1. The van der Waals surface area contributed by atoms with Crippen molar-refractivity contribution in [3.63, 3.8) is 0 Å². The summed E-state index contributed by atoms with van der Waals surface area (Å²) in [7, 11) is 0. The molecule has 23 heavy (non-hydrogen) atoms. The number of amides is 1. The van der Waals surface area contributed by atoms with Crippen LogP contribution in [0.2, 0.25) is 0 Å². The lowest BCUT2D eigenvalue weighted by Gasteiger charge is -2.10. The molecule has 0 saturated carbocycles. The second-order valence-electron chi connectivity index (χ2n) is 4.94. The van der Waals surface area contributed by atoms with Crippen LogP contribution in [0.25, 0.3) is 10.9 Å². The molecule has 1 aromatic heterocycles. The highest BCUT2D eigenvalue weighted by Gasteiger charge is 2.30. The van der Waals surface area contributed by atoms with E-state index in [1.807, 2.05) is 0 Å². The highest BCUT2D eigenvalue weighted by molar-refractivity contribution is 5.98. The van der Waals surface area contributed by atoms with Crippen LogP contribution in [0.15, 0.2) is 54.7 Å². The van der Waals surface area contributed by atoms with Crippen LogP contribution in [-0.2, 0) is 6.18 Å². The third kappa shape index (κ3) is 2.98. The number of benzene rings is 2. The predicted octanol–water partition coefficient (Wildman–Crippen LogP) is 4.45. The molecular formula is C16H11F3N2O2. The number of halogens is 3. The topological polar surface area (TPSA) is 54.3 Å². The quantitative estimate of drug-likeness (QED) is 0.696. The molecule has 3 aromatic rings. The molecular weight excluding hydrogens is 309 g/mol. The van der Waals surface area contributed by atoms with E-state index in [-0.39, 0.29) is 11.4 Å². The second kappa shape index (κ2) is 5.35. The van der Waals surface area contributed by atoms with Crippen LogP contribution in [0.5, 0.6) is 5.75 Å². The molecule has 0 atom stereocenters. The molecule has 2 N–H and O–H groups in total. The average molecular weight is 320 g/mol. The summed E-state index contributed by atoms with van der Waals surface area (Å²) in [6.45, 7) is 0. The maximum atomic E-state index is 12.7. The number of aromatic hydroxyl groups is 1. The van der Waals surface area contributed by atoms with Gasteiger partial charge < -0.3 is 10.4 Å². The van der Waals surface area contributed by atoms with Crippen LogP contribution in [0.3, 0.4) is 0 Å². The lowest BCUT2D eigenvalue weighted by molar-refractivity contribution is -0.137. The first-order valence-electron chi connectivity index (χ1n) is 6.63. The average Bonchev–Trinajstić information content (AvgIpc) is 2.89. The van der Waals surface area contributed by atoms with Crippen LogP contribution in [0, 0.1) is 0 Å². The van der Waals surface area contributed by atoms with Crippen LogP contribution >= 0.6 is 0 Å². The van der Waals surface area contributed by atoms with Gasteiger partial charge >= 0.3 is 12.2 Å². The standard InChI is InChI=1S/C16H11F3N2O2/c17-16(18,19)11-2-1-3-12(9-11)20-15(23)21-7-6-10-8-13(22)4-5-14(10)21/h1-9,22H,(H,20,23). The van der Waals surface area contributed by atoms with Gasteiger partial charge in [-0.3, -0.25) is 4.57 Å². The summed E-state index contributed by atoms with van der Waals surface area (Å²) in [5.41, 5.74) is -0.254. The van der Waals surface area contributed by atoms with E-state index in [0.717, 1.165) is 12.1 Å². The molecule has 0 aliphatic heterocycles. The summed E-state index contributed by atoms with van der Waals surface area (Å²) in [5.74, 6) is 0.0635. The van der Waals surface area contributed by atoms with E-state index in [1.165, 1.54) is 35.0 Å². The van der Waals surface area contributed by atoms with E-state index >= 15 is 0 Å². The van der Waals surface area contributed by atoms with Crippen molar-refractivity contribution in [3.05, 3.63) is 60.3 Å². The molecule has 0 fully saturated rings. The summed E-state index contributed by atoms with van der Waals surface area (Å²) in [6.07, 6.45) is -2.99. The zero-order valence-corrected chi connectivity index (χ0v) is 11.6. The summed E-state index contributed by atoms with van der Waals surface area (Å²) in [6, 6.07) is 9.91. The molecule has 0 aliphatic carbocycles. The van der Waals surface area contributed by atoms with Gasteiger partial charge in [0.2, 0.25) is 0 Å². The molecule has 0 radical (unpaired) electrons. The van der Waals surface area contributed by atoms with E-state index < -0.39 is 17.8 Å². The highest BCUT2D eigenvalue weighted by Crippen LogP contribution is 2.30. The van der Waals surface area contributed by atoms with Crippen molar-refractivity contribution in [2.45, 2.75) is 6.18 Å². The number of hydrogen-bond donors (Lipinski definition) is 2. The minimum Gasteiger partial charge on any atom is -0.508 e. The molecule has 2 aromatic carbocycles. The van der Waals surface area contributed by atoms with E-state index in [1.54, 1.807) is 12.1 Å². The van der Waals surface area contributed by atoms with Crippen LogP contribution in [0.1, 0.15) is 5.56 Å². The van der Waals surface area contributed by atoms with Crippen molar-refractivity contribution < 1.29 is 23.1 Å². The number of aromatic nitrogens is 1. The largest absolute Gasteiger partial charge is 0.508 e. The van der Waals surface area contributed by atoms with Crippen molar-refractivity contribution in [2.75, 3.05) is 5.32 Å². The van der Waals surface area contributed by atoms with Gasteiger partial charge in [0, 0.05) is 17.3 Å². The Morgan fingerprint density at radius 1 is 1.09 bits per heavy atom. The van der Waals surface area contributed by atoms with Crippen molar-refractivity contribution in [1.82, 2.24) is 4.57 Å². The van der Waals surface area contributed by atoms with Gasteiger partial charge in [-0.1, -0.05) is 6.07 Å². The fraction of sp³-hybridized carbons (Fsp3) is 0.0625. The van der Waals surface area contributed by atoms with Crippen molar-refractivity contribution in [3.8, 4) is 5.75 Å². The molecule has 0 saturated heterocycles. The number of rotatable bonds is 1. The zero-order valence-electron chi connectivity index (χ0n) is 11.6. The number of hydrogen-bond acceptors (Lipinski definition) is 2. The summed E-state index contributed by atoms with van der Waals surface area (Å²) in [4.78, 5) is 12.2. The fourth-order valence-electron chi connectivity index (χ4n) is 2.26. The number of phenolic OH excluding ortho intramolecular Hbond substituents is 1. The molecule has 0 aliphatic rings.